The first-order valence-electron chi connectivity index (χ1n) is 6.88. The zero-order chi connectivity index (χ0) is 12.3. The molecule has 0 saturated carbocycles. The zero-order valence-corrected chi connectivity index (χ0v) is 10.7. The SMILES string of the molecule is CC(O)C1CCN(C(=O)[C@@H]2CCCCN2)CC1. The van der Waals surface area contributed by atoms with Crippen molar-refractivity contribution in [3.8, 4) is 0 Å². The van der Waals surface area contributed by atoms with Crippen LogP contribution >= 0.6 is 0 Å². The van der Waals surface area contributed by atoms with E-state index in [4.69, 9.17) is 0 Å². The highest BCUT2D eigenvalue weighted by molar-refractivity contribution is 5.82. The summed E-state index contributed by atoms with van der Waals surface area (Å²) in [7, 11) is 0. The van der Waals surface area contributed by atoms with Crippen molar-refractivity contribution in [1.29, 1.82) is 0 Å². The van der Waals surface area contributed by atoms with Crippen LogP contribution in [0.3, 0.4) is 0 Å². The Hall–Kier alpha value is -0.610. The van der Waals surface area contributed by atoms with E-state index in [2.05, 4.69) is 5.32 Å². The lowest BCUT2D eigenvalue weighted by atomic mass is 9.91. The molecule has 17 heavy (non-hydrogen) atoms. The lowest BCUT2D eigenvalue weighted by Crippen LogP contribution is -2.51. The molecule has 0 aliphatic carbocycles. The maximum absolute atomic E-state index is 12.2. The lowest BCUT2D eigenvalue weighted by molar-refractivity contribution is -0.136. The van der Waals surface area contributed by atoms with Crippen LogP contribution in [0.15, 0.2) is 0 Å². The van der Waals surface area contributed by atoms with Gasteiger partial charge in [0.05, 0.1) is 12.1 Å². The summed E-state index contributed by atoms with van der Waals surface area (Å²) in [4.78, 5) is 14.2. The predicted octanol–water partition coefficient (Wildman–Crippen LogP) is 0.748. The molecule has 0 aromatic rings. The van der Waals surface area contributed by atoms with Gasteiger partial charge in [0.1, 0.15) is 0 Å². The number of amides is 1. The van der Waals surface area contributed by atoms with E-state index in [1.807, 2.05) is 11.8 Å². The third-order valence-corrected chi connectivity index (χ3v) is 4.14. The monoisotopic (exact) mass is 240 g/mol. The Morgan fingerprint density at radius 2 is 2.00 bits per heavy atom. The van der Waals surface area contributed by atoms with Crippen molar-refractivity contribution in [1.82, 2.24) is 10.2 Å². The molecule has 0 radical (unpaired) electrons. The molecule has 0 spiro atoms. The van der Waals surface area contributed by atoms with Crippen LogP contribution in [-0.2, 0) is 4.79 Å². The van der Waals surface area contributed by atoms with Crippen LogP contribution in [0, 0.1) is 5.92 Å². The minimum Gasteiger partial charge on any atom is -0.393 e. The fourth-order valence-corrected chi connectivity index (χ4v) is 2.89. The summed E-state index contributed by atoms with van der Waals surface area (Å²) in [6.07, 6.45) is 4.98. The molecule has 2 N–H and O–H groups in total. The van der Waals surface area contributed by atoms with Crippen LogP contribution in [0.2, 0.25) is 0 Å². The maximum atomic E-state index is 12.2. The number of carbonyl (C=O) groups is 1. The van der Waals surface area contributed by atoms with Crippen LogP contribution in [0.4, 0.5) is 0 Å². The molecule has 2 heterocycles. The Bertz CT molecular complexity index is 254. The summed E-state index contributed by atoms with van der Waals surface area (Å²) in [5.74, 6) is 0.645. The van der Waals surface area contributed by atoms with E-state index in [-0.39, 0.29) is 18.1 Å². The smallest absolute Gasteiger partial charge is 0.239 e. The van der Waals surface area contributed by atoms with Crippen LogP contribution in [0.5, 0.6) is 0 Å². The van der Waals surface area contributed by atoms with Crippen molar-refractivity contribution >= 4 is 5.91 Å². The minimum atomic E-state index is -0.236. The minimum absolute atomic E-state index is 0.0480. The molecule has 2 saturated heterocycles. The average Bonchev–Trinajstić information content (AvgIpc) is 2.39. The fraction of sp³-hybridized carbons (Fsp3) is 0.923. The van der Waals surface area contributed by atoms with Gasteiger partial charge in [0.15, 0.2) is 0 Å². The van der Waals surface area contributed by atoms with Crippen molar-refractivity contribution in [3.63, 3.8) is 0 Å². The molecule has 2 aliphatic rings. The number of rotatable bonds is 2. The van der Waals surface area contributed by atoms with Gasteiger partial charge in [-0.1, -0.05) is 6.42 Å². The first kappa shape index (κ1) is 12.8. The Morgan fingerprint density at radius 3 is 2.53 bits per heavy atom. The van der Waals surface area contributed by atoms with E-state index >= 15 is 0 Å². The van der Waals surface area contributed by atoms with Crippen LogP contribution < -0.4 is 5.32 Å². The largest absolute Gasteiger partial charge is 0.393 e. The van der Waals surface area contributed by atoms with E-state index in [0.717, 1.165) is 45.3 Å². The summed E-state index contributed by atoms with van der Waals surface area (Å²) >= 11 is 0. The summed E-state index contributed by atoms with van der Waals surface area (Å²) in [6, 6.07) is 0.0480. The topological polar surface area (TPSA) is 52.6 Å². The van der Waals surface area contributed by atoms with Gasteiger partial charge in [-0.2, -0.15) is 0 Å². The molecule has 2 rings (SSSR count). The van der Waals surface area contributed by atoms with E-state index in [9.17, 15) is 9.90 Å². The number of likely N-dealkylation sites (tertiary alicyclic amines) is 1. The Kier molecular flexibility index (Phi) is 4.40. The van der Waals surface area contributed by atoms with E-state index in [0.29, 0.717) is 5.92 Å². The first-order chi connectivity index (χ1) is 8.18. The molecular formula is C13H24N2O2. The standard InChI is InChI=1S/C13H24N2O2/c1-10(16)11-5-8-15(9-6-11)13(17)12-4-2-3-7-14-12/h10-12,14,16H,2-9H2,1H3/t10?,12-/m0/s1. The molecule has 1 unspecified atom stereocenters. The molecule has 2 atom stereocenters. The van der Waals surface area contributed by atoms with Crippen LogP contribution in [-0.4, -0.2) is 47.7 Å². The quantitative estimate of drug-likeness (QED) is 0.749. The average molecular weight is 240 g/mol. The highest BCUT2D eigenvalue weighted by Crippen LogP contribution is 2.21. The first-order valence-corrected chi connectivity index (χ1v) is 6.88. The number of nitrogens with zero attached hydrogens (tertiary/aromatic N) is 1. The molecule has 2 aliphatic heterocycles. The Balaban J connectivity index is 1.81. The molecule has 0 bridgehead atoms. The number of aliphatic hydroxyl groups is 1. The molecular weight excluding hydrogens is 216 g/mol. The third kappa shape index (κ3) is 3.19. The number of nitrogens with one attached hydrogen (secondary N) is 1. The highest BCUT2D eigenvalue weighted by atomic mass is 16.3. The van der Waals surface area contributed by atoms with Gasteiger partial charge >= 0.3 is 0 Å². The van der Waals surface area contributed by atoms with Gasteiger partial charge in [-0.25, -0.2) is 0 Å². The van der Waals surface area contributed by atoms with Gasteiger partial charge < -0.3 is 15.3 Å². The maximum Gasteiger partial charge on any atom is 0.239 e. The summed E-state index contributed by atoms with van der Waals surface area (Å²) in [5.41, 5.74) is 0. The molecule has 0 aromatic heterocycles. The number of piperidine rings is 2. The zero-order valence-electron chi connectivity index (χ0n) is 10.7. The number of hydrogen-bond donors (Lipinski definition) is 2. The highest BCUT2D eigenvalue weighted by Gasteiger charge is 2.29. The molecule has 2 fully saturated rings. The molecule has 98 valence electrons. The van der Waals surface area contributed by atoms with Gasteiger partial charge in [0.2, 0.25) is 5.91 Å². The van der Waals surface area contributed by atoms with E-state index < -0.39 is 0 Å². The number of hydrogen-bond acceptors (Lipinski definition) is 3. The van der Waals surface area contributed by atoms with Crippen molar-refractivity contribution in [2.75, 3.05) is 19.6 Å². The second-order valence-corrected chi connectivity index (χ2v) is 5.41. The summed E-state index contributed by atoms with van der Waals surface area (Å²) in [5, 5.41) is 12.8. The van der Waals surface area contributed by atoms with E-state index in [1.165, 1.54) is 6.42 Å². The second kappa shape index (κ2) is 5.83. The Morgan fingerprint density at radius 1 is 1.29 bits per heavy atom. The van der Waals surface area contributed by atoms with Gasteiger partial charge in [-0.15, -0.1) is 0 Å². The van der Waals surface area contributed by atoms with Crippen molar-refractivity contribution in [2.24, 2.45) is 5.92 Å². The van der Waals surface area contributed by atoms with Crippen molar-refractivity contribution in [2.45, 2.75) is 51.2 Å². The summed E-state index contributed by atoms with van der Waals surface area (Å²) < 4.78 is 0. The second-order valence-electron chi connectivity index (χ2n) is 5.41. The van der Waals surface area contributed by atoms with E-state index in [1.54, 1.807) is 0 Å². The molecule has 4 nitrogen and oxygen atoms in total. The predicted molar refractivity (Wildman–Crippen MR) is 66.6 cm³/mol. The summed E-state index contributed by atoms with van der Waals surface area (Å²) in [6.45, 7) is 4.45. The van der Waals surface area contributed by atoms with Gasteiger partial charge in [-0.3, -0.25) is 4.79 Å². The Labute approximate surface area is 103 Å². The van der Waals surface area contributed by atoms with Gasteiger partial charge in [0, 0.05) is 13.1 Å². The van der Waals surface area contributed by atoms with Crippen LogP contribution in [0.25, 0.3) is 0 Å². The fourth-order valence-electron chi connectivity index (χ4n) is 2.89. The van der Waals surface area contributed by atoms with Gasteiger partial charge in [-0.05, 0) is 45.1 Å². The third-order valence-electron chi connectivity index (χ3n) is 4.14. The molecule has 1 amide bonds. The van der Waals surface area contributed by atoms with Crippen molar-refractivity contribution in [3.05, 3.63) is 0 Å². The molecule has 0 aromatic carbocycles. The molecule has 4 heteroatoms. The number of aliphatic hydroxyl groups excluding tert-OH is 1. The van der Waals surface area contributed by atoms with Gasteiger partial charge in [0.25, 0.3) is 0 Å². The van der Waals surface area contributed by atoms with Crippen LogP contribution in [0.1, 0.15) is 39.0 Å². The number of carbonyl (C=O) groups excluding carboxylic acids is 1. The van der Waals surface area contributed by atoms with Crippen molar-refractivity contribution < 1.29 is 9.90 Å². The normalized spacial score (nSPS) is 29.1. The lowest BCUT2D eigenvalue weighted by Gasteiger charge is -2.36.